The van der Waals surface area contributed by atoms with E-state index in [1.165, 1.54) is 17.5 Å². The van der Waals surface area contributed by atoms with E-state index in [2.05, 4.69) is 58.9 Å². The molecule has 0 N–H and O–H groups in total. The van der Waals surface area contributed by atoms with Crippen molar-refractivity contribution in [1.29, 1.82) is 0 Å². The summed E-state index contributed by atoms with van der Waals surface area (Å²) in [6.45, 7) is 12.2. The molecule has 0 saturated heterocycles. The van der Waals surface area contributed by atoms with E-state index in [1.807, 2.05) is 0 Å². The van der Waals surface area contributed by atoms with Gasteiger partial charge in [-0.25, -0.2) is 0 Å². The summed E-state index contributed by atoms with van der Waals surface area (Å²) in [5.41, 5.74) is 3.23. The summed E-state index contributed by atoms with van der Waals surface area (Å²) < 4.78 is 5.13. The molecular weight excluding hydrogens is 208 g/mol. The first-order chi connectivity index (χ1) is 7.74. The molecule has 17 heavy (non-hydrogen) atoms. The number of rotatable bonds is 4. The van der Waals surface area contributed by atoms with Crippen molar-refractivity contribution >= 4 is 0 Å². The van der Waals surface area contributed by atoms with Crippen LogP contribution in [-0.2, 0) is 16.8 Å². The topological polar surface area (TPSA) is 9.23 Å². The predicted molar refractivity (Wildman–Crippen MR) is 74.3 cm³/mol. The third-order valence-corrected chi connectivity index (χ3v) is 3.02. The first-order valence-corrected chi connectivity index (χ1v) is 6.33. The third-order valence-electron chi connectivity index (χ3n) is 3.02. The van der Waals surface area contributed by atoms with Crippen molar-refractivity contribution in [3.8, 4) is 0 Å². The van der Waals surface area contributed by atoms with Crippen LogP contribution in [0.5, 0.6) is 0 Å². The molecule has 1 aromatic carbocycles. The Kier molecular flexibility index (Phi) is 4.37. The highest BCUT2D eigenvalue weighted by Crippen LogP contribution is 2.36. The number of hydrogen-bond donors (Lipinski definition) is 0. The Morgan fingerprint density at radius 1 is 0.941 bits per heavy atom. The fourth-order valence-electron chi connectivity index (χ4n) is 2.65. The van der Waals surface area contributed by atoms with Gasteiger partial charge in [-0.1, -0.05) is 58.9 Å². The van der Waals surface area contributed by atoms with E-state index in [9.17, 15) is 0 Å². The molecular formula is C16H26O. The van der Waals surface area contributed by atoms with E-state index in [4.69, 9.17) is 4.74 Å². The highest BCUT2D eigenvalue weighted by Gasteiger charge is 2.26. The van der Waals surface area contributed by atoms with Crippen molar-refractivity contribution in [3.05, 3.63) is 35.4 Å². The van der Waals surface area contributed by atoms with Crippen LogP contribution in [0.2, 0.25) is 0 Å². The van der Waals surface area contributed by atoms with Gasteiger partial charge in [-0.2, -0.15) is 0 Å². The van der Waals surface area contributed by atoms with Crippen molar-refractivity contribution in [2.45, 2.75) is 53.1 Å². The largest absolute Gasteiger partial charge is 0.380 e. The standard InChI is InChI=1S/C16H26O/c1-15(2,3)12-16(4,5)14-9-7-13(8-10-14)11-17-6/h7-10H,11-12H2,1-6H3. The highest BCUT2D eigenvalue weighted by atomic mass is 16.5. The van der Waals surface area contributed by atoms with Crippen molar-refractivity contribution in [3.63, 3.8) is 0 Å². The summed E-state index contributed by atoms with van der Waals surface area (Å²) in [5.74, 6) is 0. The zero-order chi connectivity index (χ0) is 13.1. The molecule has 0 bridgehead atoms. The number of benzene rings is 1. The van der Waals surface area contributed by atoms with Gasteiger partial charge in [-0.15, -0.1) is 0 Å². The molecule has 0 atom stereocenters. The first-order valence-electron chi connectivity index (χ1n) is 6.33. The van der Waals surface area contributed by atoms with Gasteiger partial charge in [0.2, 0.25) is 0 Å². The molecule has 0 aromatic heterocycles. The van der Waals surface area contributed by atoms with Gasteiger partial charge in [0, 0.05) is 7.11 Å². The van der Waals surface area contributed by atoms with Gasteiger partial charge in [0.05, 0.1) is 6.61 Å². The fourth-order valence-corrected chi connectivity index (χ4v) is 2.65. The van der Waals surface area contributed by atoms with Gasteiger partial charge in [0.1, 0.15) is 0 Å². The Morgan fingerprint density at radius 2 is 1.47 bits per heavy atom. The smallest absolute Gasteiger partial charge is 0.0713 e. The van der Waals surface area contributed by atoms with Crippen molar-refractivity contribution in [2.75, 3.05) is 7.11 Å². The van der Waals surface area contributed by atoms with E-state index >= 15 is 0 Å². The minimum Gasteiger partial charge on any atom is -0.380 e. The maximum atomic E-state index is 5.13. The zero-order valence-electron chi connectivity index (χ0n) is 12.1. The monoisotopic (exact) mass is 234 g/mol. The summed E-state index contributed by atoms with van der Waals surface area (Å²) >= 11 is 0. The van der Waals surface area contributed by atoms with E-state index in [0.29, 0.717) is 12.0 Å². The fraction of sp³-hybridized carbons (Fsp3) is 0.625. The summed E-state index contributed by atoms with van der Waals surface area (Å²) in [4.78, 5) is 0. The molecule has 0 aliphatic carbocycles. The molecule has 0 aliphatic heterocycles. The Bertz CT molecular complexity index is 341. The van der Waals surface area contributed by atoms with Crippen LogP contribution in [0.15, 0.2) is 24.3 Å². The Balaban J connectivity index is 2.84. The Morgan fingerprint density at radius 3 is 1.88 bits per heavy atom. The van der Waals surface area contributed by atoms with Crippen molar-refractivity contribution < 1.29 is 4.74 Å². The average molecular weight is 234 g/mol. The molecule has 0 aliphatic rings. The molecule has 1 rings (SSSR count). The molecule has 96 valence electrons. The van der Waals surface area contributed by atoms with Crippen LogP contribution in [0, 0.1) is 5.41 Å². The molecule has 0 saturated carbocycles. The molecule has 0 spiro atoms. The lowest BCUT2D eigenvalue weighted by atomic mass is 9.72. The van der Waals surface area contributed by atoms with Crippen molar-refractivity contribution in [1.82, 2.24) is 0 Å². The predicted octanol–water partition coefficient (Wildman–Crippen LogP) is 4.55. The molecule has 0 heterocycles. The maximum Gasteiger partial charge on any atom is 0.0713 e. The first kappa shape index (κ1) is 14.2. The number of methoxy groups -OCH3 is 1. The van der Waals surface area contributed by atoms with Gasteiger partial charge < -0.3 is 4.74 Å². The van der Waals surface area contributed by atoms with Crippen LogP contribution < -0.4 is 0 Å². The van der Waals surface area contributed by atoms with Crippen LogP contribution in [0.1, 0.15) is 52.2 Å². The minimum absolute atomic E-state index is 0.226. The van der Waals surface area contributed by atoms with E-state index in [-0.39, 0.29) is 5.41 Å². The lowest BCUT2D eigenvalue weighted by Crippen LogP contribution is -2.24. The van der Waals surface area contributed by atoms with Gasteiger partial charge in [-0.3, -0.25) is 0 Å². The SMILES string of the molecule is COCc1ccc(C(C)(C)CC(C)(C)C)cc1. The Labute approximate surface area is 106 Å². The summed E-state index contributed by atoms with van der Waals surface area (Å²) in [6, 6.07) is 8.81. The lowest BCUT2D eigenvalue weighted by molar-refractivity contribution is 0.185. The quantitative estimate of drug-likeness (QED) is 0.742. The second-order valence-electron chi connectivity index (χ2n) is 6.75. The van der Waals surface area contributed by atoms with Crippen LogP contribution in [0.4, 0.5) is 0 Å². The van der Waals surface area contributed by atoms with E-state index < -0.39 is 0 Å². The number of ether oxygens (including phenoxy) is 1. The van der Waals surface area contributed by atoms with Gasteiger partial charge in [-0.05, 0) is 28.4 Å². The normalized spacial score (nSPS) is 12.8. The van der Waals surface area contributed by atoms with Gasteiger partial charge in [0.25, 0.3) is 0 Å². The molecule has 1 aromatic rings. The zero-order valence-corrected chi connectivity index (χ0v) is 12.1. The average Bonchev–Trinajstić information content (AvgIpc) is 2.15. The van der Waals surface area contributed by atoms with Crippen LogP contribution >= 0.6 is 0 Å². The van der Waals surface area contributed by atoms with Crippen molar-refractivity contribution in [2.24, 2.45) is 5.41 Å². The molecule has 0 fully saturated rings. The van der Waals surface area contributed by atoms with E-state index in [0.717, 1.165) is 0 Å². The molecule has 1 heteroatoms. The Hall–Kier alpha value is -0.820. The minimum atomic E-state index is 0.226. The summed E-state index contributed by atoms with van der Waals surface area (Å²) in [5, 5.41) is 0. The molecule has 1 nitrogen and oxygen atoms in total. The second-order valence-corrected chi connectivity index (χ2v) is 6.75. The van der Waals surface area contributed by atoms with Crippen LogP contribution in [0.25, 0.3) is 0 Å². The molecule has 0 amide bonds. The summed E-state index contributed by atoms with van der Waals surface area (Å²) in [7, 11) is 1.73. The molecule has 0 unspecified atom stereocenters. The highest BCUT2D eigenvalue weighted by molar-refractivity contribution is 5.28. The number of hydrogen-bond acceptors (Lipinski definition) is 1. The van der Waals surface area contributed by atoms with E-state index in [1.54, 1.807) is 7.11 Å². The van der Waals surface area contributed by atoms with Crippen LogP contribution in [0.3, 0.4) is 0 Å². The second kappa shape index (κ2) is 5.22. The van der Waals surface area contributed by atoms with Crippen LogP contribution in [-0.4, -0.2) is 7.11 Å². The third kappa shape index (κ3) is 4.51. The molecule has 0 radical (unpaired) electrons. The van der Waals surface area contributed by atoms with Gasteiger partial charge >= 0.3 is 0 Å². The van der Waals surface area contributed by atoms with Gasteiger partial charge in [0.15, 0.2) is 0 Å². The maximum absolute atomic E-state index is 5.13. The lowest BCUT2D eigenvalue weighted by Gasteiger charge is -2.33. The summed E-state index contributed by atoms with van der Waals surface area (Å²) in [6.07, 6.45) is 1.18.